The quantitative estimate of drug-likeness (QED) is 0.264. The highest BCUT2D eigenvalue weighted by molar-refractivity contribution is 7.80. The number of hydrogen-bond donors (Lipinski definition) is 1. The summed E-state index contributed by atoms with van der Waals surface area (Å²) in [5.41, 5.74) is 0. The predicted octanol–water partition coefficient (Wildman–Crippen LogP) is 1.68. The Labute approximate surface area is 140 Å². The van der Waals surface area contributed by atoms with Gasteiger partial charge in [-0.15, -0.1) is 0 Å². The molecule has 0 bridgehead atoms. The van der Waals surface area contributed by atoms with E-state index >= 15 is 0 Å². The zero-order chi connectivity index (χ0) is 17.6. The van der Waals surface area contributed by atoms with Crippen molar-refractivity contribution in [3.8, 4) is 0 Å². The molecule has 1 N–H and O–H groups in total. The molecular formula is C15H32N2O5S. The van der Waals surface area contributed by atoms with E-state index in [1.54, 1.807) is 0 Å². The highest BCUT2D eigenvalue weighted by Crippen LogP contribution is 2.13. The Morgan fingerprint density at radius 3 is 2.26 bits per heavy atom. The standard InChI is InChI=1S/C13H27N2O.C2H6O4S/c1-2-3-4-5-6-7-9-15(11-12-16)10-8-14-13-15;1-2-6-7(3,4)5/h13,16H,2-12H2,1H3;2H2,1H3,(H,3,4,5)/q+1;/p-1. The van der Waals surface area contributed by atoms with Gasteiger partial charge in [0, 0.05) is 0 Å². The average Bonchev–Trinajstić information content (AvgIpc) is 2.91. The van der Waals surface area contributed by atoms with Crippen molar-refractivity contribution in [2.24, 2.45) is 4.99 Å². The lowest BCUT2D eigenvalue weighted by molar-refractivity contribution is -0.829. The fourth-order valence-corrected chi connectivity index (χ4v) is 2.84. The number of aliphatic imine (C=N–C) groups is 1. The number of quaternary nitrogens is 1. The summed E-state index contributed by atoms with van der Waals surface area (Å²) in [6, 6.07) is 0. The van der Waals surface area contributed by atoms with Gasteiger partial charge in [0.1, 0.15) is 13.1 Å². The van der Waals surface area contributed by atoms with E-state index < -0.39 is 10.4 Å². The van der Waals surface area contributed by atoms with Crippen LogP contribution in [0.25, 0.3) is 0 Å². The molecule has 8 heteroatoms. The predicted molar refractivity (Wildman–Crippen MR) is 90.0 cm³/mol. The Morgan fingerprint density at radius 1 is 1.17 bits per heavy atom. The van der Waals surface area contributed by atoms with Gasteiger partial charge in [0.25, 0.3) is 0 Å². The van der Waals surface area contributed by atoms with Crippen LogP contribution in [0.1, 0.15) is 52.4 Å². The van der Waals surface area contributed by atoms with E-state index in [1.165, 1.54) is 45.4 Å². The summed E-state index contributed by atoms with van der Waals surface area (Å²) in [6.07, 6.45) is 10.1. The van der Waals surface area contributed by atoms with Crippen LogP contribution in [0.5, 0.6) is 0 Å². The van der Waals surface area contributed by atoms with Gasteiger partial charge >= 0.3 is 0 Å². The fraction of sp³-hybridized carbons (Fsp3) is 0.933. The van der Waals surface area contributed by atoms with E-state index in [9.17, 15) is 13.0 Å². The minimum absolute atomic E-state index is 0.0914. The van der Waals surface area contributed by atoms with Gasteiger partial charge in [-0.1, -0.05) is 32.6 Å². The lowest BCUT2D eigenvalue weighted by atomic mass is 10.1. The van der Waals surface area contributed by atoms with E-state index in [0.717, 1.165) is 30.7 Å². The Bertz CT molecular complexity index is 414. The number of nitrogens with zero attached hydrogens (tertiary/aromatic N) is 2. The molecule has 7 nitrogen and oxygen atoms in total. The maximum atomic E-state index is 9.45. The largest absolute Gasteiger partial charge is 0.726 e. The molecule has 1 aliphatic rings. The first-order chi connectivity index (χ1) is 10.9. The Hall–Kier alpha value is -0.540. The molecule has 0 saturated heterocycles. The van der Waals surface area contributed by atoms with Gasteiger partial charge in [-0.25, -0.2) is 13.4 Å². The van der Waals surface area contributed by atoms with E-state index in [4.69, 9.17) is 5.11 Å². The van der Waals surface area contributed by atoms with Crippen LogP contribution in [0.15, 0.2) is 4.99 Å². The molecular weight excluding hydrogens is 320 g/mol. The molecule has 1 aliphatic heterocycles. The third kappa shape index (κ3) is 12.5. The maximum Gasteiger partial charge on any atom is 0.217 e. The van der Waals surface area contributed by atoms with Crippen molar-refractivity contribution < 1.29 is 26.7 Å². The molecule has 1 atom stereocenters. The third-order valence-electron chi connectivity index (χ3n) is 3.77. The van der Waals surface area contributed by atoms with Crippen molar-refractivity contribution in [2.75, 3.05) is 39.4 Å². The van der Waals surface area contributed by atoms with E-state index in [0.29, 0.717) is 0 Å². The first-order valence-electron chi connectivity index (χ1n) is 8.47. The van der Waals surface area contributed by atoms with E-state index in [2.05, 4.69) is 22.4 Å². The molecule has 23 heavy (non-hydrogen) atoms. The molecule has 1 heterocycles. The Morgan fingerprint density at radius 2 is 1.83 bits per heavy atom. The second kappa shape index (κ2) is 12.8. The van der Waals surface area contributed by atoms with Crippen LogP contribution < -0.4 is 0 Å². The van der Waals surface area contributed by atoms with Gasteiger partial charge in [-0.2, -0.15) is 0 Å². The highest BCUT2D eigenvalue weighted by Gasteiger charge is 2.27. The molecule has 0 fully saturated rings. The fourth-order valence-electron chi connectivity index (χ4n) is 2.55. The summed E-state index contributed by atoms with van der Waals surface area (Å²) >= 11 is 0. The smallest absolute Gasteiger partial charge is 0.217 e. The second-order valence-corrected chi connectivity index (χ2v) is 6.77. The van der Waals surface area contributed by atoms with Gasteiger partial charge < -0.3 is 9.66 Å². The number of aliphatic hydroxyl groups excluding tert-OH is 1. The first-order valence-corrected chi connectivity index (χ1v) is 9.80. The third-order valence-corrected chi connectivity index (χ3v) is 4.29. The molecule has 1 rings (SSSR count). The van der Waals surface area contributed by atoms with Gasteiger partial charge in [-0.05, 0) is 19.8 Å². The molecule has 1 unspecified atom stereocenters. The van der Waals surface area contributed by atoms with Gasteiger partial charge in [-0.3, -0.25) is 8.67 Å². The van der Waals surface area contributed by atoms with Gasteiger partial charge in [0.2, 0.25) is 10.4 Å². The van der Waals surface area contributed by atoms with Crippen LogP contribution >= 0.6 is 0 Å². The van der Waals surface area contributed by atoms with Crippen LogP contribution in [0.3, 0.4) is 0 Å². The molecule has 0 aromatic heterocycles. The zero-order valence-electron chi connectivity index (χ0n) is 14.4. The normalized spacial score (nSPS) is 20.3. The molecule has 0 spiro atoms. The molecule has 0 radical (unpaired) electrons. The van der Waals surface area contributed by atoms with Crippen molar-refractivity contribution in [3.05, 3.63) is 0 Å². The molecule has 0 amide bonds. The summed E-state index contributed by atoms with van der Waals surface area (Å²) in [6.45, 7) is 7.91. The monoisotopic (exact) mass is 352 g/mol. The van der Waals surface area contributed by atoms with Crippen LogP contribution in [0, 0.1) is 0 Å². The number of rotatable bonds is 11. The van der Waals surface area contributed by atoms with Crippen LogP contribution in [0.4, 0.5) is 0 Å². The minimum Gasteiger partial charge on any atom is -0.726 e. The van der Waals surface area contributed by atoms with Crippen LogP contribution in [-0.4, -0.2) is 68.3 Å². The summed E-state index contributed by atoms with van der Waals surface area (Å²) in [7, 11) is -4.42. The number of unbranched alkanes of at least 4 members (excludes halogenated alkanes) is 5. The topological polar surface area (TPSA) is 99.0 Å². The highest BCUT2D eigenvalue weighted by atomic mass is 32.3. The van der Waals surface area contributed by atoms with Crippen LogP contribution in [-0.2, 0) is 14.6 Å². The van der Waals surface area contributed by atoms with Crippen molar-refractivity contribution in [2.45, 2.75) is 52.4 Å². The van der Waals surface area contributed by atoms with E-state index in [1.807, 2.05) is 0 Å². The number of hydrogen-bond acceptors (Lipinski definition) is 6. The summed E-state index contributed by atoms with van der Waals surface area (Å²) in [4.78, 5) is 4.32. The molecule has 138 valence electrons. The van der Waals surface area contributed by atoms with Crippen molar-refractivity contribution in [3.63, 3.8) is 0 Å². The summed E-state index contributed by atoms with van der Waals surface area (Å²) < 4.78 is 32.9. The average molecular weight is 352 g/mol. The first kappa shape index (κ1) is 22.5. The Balaban J connectivity index is 0.000000585. The zero-order valence-corrected chi connectivity index (χ0v) is 15.3. The maximum absolute atomic E-state index is 9.45. The number of aliphatic hydroxyl groups is 1. The summed E-state index contributed by atoms with van der Waals surface area (Å²) in [5.74, 6) is 0. The molecule has 0 saturated carbocycles. The van der Waals surface area contributed by atoms with E-state index in [-0.39, 0.29) is 13.2 Å². The van der Waals surface area contributed by atoms with Crippen molar-refractivity contribution in [1.29, 1.82) is 0 Å². The molecule has 0 aromatic carbocycles. The van der Waals surface area contributed by atoms with Crippen molar-refractivity contribution in [1.82, 2.24) is 0 Å². The summed E-state index contributed by atoms with van der Waals surface area (Å²) in [5, 5.41) is 9.09. The molecule has 0 aromatic rings. The van der Waals surface area contributed by atoms with Gasteiger partial charge in [0.15, 0.2) is 6.34 Å². The lowest BCUT2D eigenvalue weighted by Crippen LogP contribution is -2.48. The Kier molecular flexibility index (Phi) is 12.5. The van der Waals surface area contributed by atoms with Gasteiger partial charge in [0.05, 0.1) is 26.3 Å². The second-order valence-electron chi connectivity index (χ2n) is 5.72. The lowest BCUT2D eigenvalue weighted by Gasteiger charge is -2.29. The van der Waals surface area contributed by atoms with Crippen LogP contribution in [0.2, 0.25) is 0 Å². The molecule has 0 aliphatic carbocycles. The SMILES string of the molecule is CCCCCCCC[N+]1(CCO)C=NCC1.CCOS(=O)(=O)[O-]. The minimum atomic E-state index is -4.42. The van der Waals surface area contributed by atoms with Crippen molar-refractivity contribution >= 4 is 16.7 Å².